The molecule has 1 aliphatic carbocycles. The summed E-state index contributed by atoms with van der Waals surface area (Å²) in [6, 6.07) is 2.61. The van der Waals surface area contributed by atoms with Crippen molar-refractivity contribution in [2.75, 3.05) is 5.73 Å². The van der Waals surface area contributed by atoms with Crippen LogP contribution >= 0.6 is 23.2 Å². The van der Waals surface area contributed by atoms with Crippen LogP contribution < -0.4 is 10.5 Å². The number of halogens is 3. The lowest BCUT2D eigenvalue weighted by molar-refractivity contribution is 0.200. The fraction of sp³-hybridized carbons (Fsp3) is 0.158. The molecule has 11 heteroatoms. The van der Waals surface area contributed by atoms with E-state index in [9.17, 15) is 8.42 Å². The summed E-state index contributed by atoms with van der Waals surface area (Å²) in [7, 11) is -2.46. The molecule has 2 atom stereocenters. The van der Waals surface area contributed by atoms with Crippen LogP contribution in [-0.2, 0) is 22.7 Å². The SMILES string of the molecule is Cn1cc(C2(F)C=CC=CC2NS(=O)(=O)c2cc(Cl)cc(Cl)c2)c2c(N)ncnc21. The van der Waals surface area contributed by atoms with Gasteiger partial charge in [-0.25, -0.2) is 27.5 Å². The molecular weight excluding hydrogens is 452 g/mol. The number of fused-ring (bicyclic) bond motifs is 1. The third kappa shape index (κ3) is 3.47. The molecule has 30 heavy (non-hydrogen) atoms. The van der Waals surface area contributed by atoms with Crippen LogP contribution in [0.2, 0.25) is 10.0 Å². The van der Waals surface area contributed by atoms with Gasteiger partial charge in [-0.3, -0.25) is 0 Å². The molecule has 0 bridgehead atoms. The summed E-state index contributed by atoms with van der Waals surface area (Å²) < 4.78 is 46.4. The molecule has 0 saturated carbocycles. The second kappa shape index (κ2) is 7.35. The Kier molecular flexibility index (Phi) is 5.09. The van der Waals surface area contributed by atoms with E-state index in [1.54, 1.807) is 17.7 Å². The molecule has 3 aromatic rings. The zero-order valence-corrected chi connectivity index (χ0v) is 17.9. The lowest BCUT2D eigenvalue weighted by Gasteiger charge is -2.31. The van der Waals surface area contributed by atoms with Crippen molar-refractivity contribution in [1.82, 2.24) is 19.3 Å². The fourth-order valence-corrected chi connectivity index (χ4v) is 5.38. The van der Waals surface area contributed by atoms with Gasteiger partial charge < -0.3 is 10.3 Å². The first-order chi connectivity index (χ1) is 14.1. The summed E-state index contributed by atoms with van der Waals surface area (Å²) in [5.74, 6) is 0.0961. The summed E-state index contributed by atoms with van der Waals surface area (Å²) in [6.45, 7) is 0. The molecule has 2 unspecified atom stereocenters. The van der Waals surface area contributed by atoms with Crippen molar-refractivity contribution in [2.45, 2.75) is 16.6 Å². The number of anilines is 1. The van der Waals surface area contributed by atoms with Crippen molar-refractivity contribution in [3.05, 3.63) is 70.6 Å². The highest BCUT2D eigenvalue weighted by Gasteiger charge is 2.43. The van der Waals surface area contributed by atoms with Crippen LogP contribution in [0.15, 0.2) is 59.9 Å². The highest BCUT2D eigenvalue weighted by atomic mass is 35.5. The van der Waals surface area contributed by atoms with E-state index in [2.05, 4.69) is 14.7 Å². The van der Waals surface area contributed by atoms with Gasteiger partial charge in [0.25, 0.3) is 0 Å². The fourth-order valence-electron chi connectivity index (χ4n) is 3.44. The second-order valence-corrected chi connectivity index (χ2v) is 9.41. The van der Waals surface area contributed by atoms with Crippen LogP contribution in [0.25, 0.3) is 11.0 Å². The van der Waals surface area contributed by atoms with E-state index in [4.69, 9.17) is 28.9 Å². The Morgan fingerprint density at radius 1 is 1.20 bits per heavy atom. The molecular formula is C19H16Cl2FN5O2S. The Labute approximate surface area is 182 Å². The molecule has 2 aromatic heterocycles. The van der Waals surface area contributed by atoms with Crippen LogP contribution in [0.3, 0.4) is 0 Å². The number of alkyl halides is 1. The molecule has 0 fully saturated rings. The predicted molar refractivity (Wildman–Crippen MR) is 115 cm³/mol. The topological polar surface area (TPSA) is 103 Å². The smallest absolute Gasteiger partial charge is 0.241 e. The number of nitrogens with two attached hydrogens (primary N) is 1. The normalized spacial score (nSPS) is 21.4. The lowest BCUT2D eigenvalue weighted by atomic mass is 9.85. The molecule has 0 spiro atoms. The third-order valence-corrected chi connectivity index (χ3v) is 6.69. The minimum Gasteiger partial charge on any atom is -0.383 e. The van der Waals surface area contributed by atoms with Gasteiger partial charge in [0.05, 0.1) is 16.3 Å². The number of nitrogens with one attached hydrogen (secondary N) is 1. The highest BCUT2D eigenvalue weighted by Crippen LogP contribution is 2.41. The predicted octanol–water partition coefficient (Wildman–Crippen LogP) is 3.50. The van der Waals surface area contributed by atoms with Crippen LogP contribution in [0, 0.1) is 0 Å². The van der Waals surface area contributed by atoms with Gasteiger partial charge in [-0.15, -0.1) is 0 Å². The molecule has 0 aliphatic heterocycles. The van der Waals surface area contributed by atoms with Crippen LogP contribution in [0.5, 0.6) is 0 Å². The molecule has 1 aliphatic rings. The van der Waals surface area contributed by atoms with E-state index in [1.165, 1.54) is 49.0 Å². The molecule has 1 aromatic carbocycles. The third-order valence-electron chi connectivity index (χ3n) is 4.83. The number of rotatable bonds is 4. The minimum atomic E-state index is -4.15. The monoisotopic (exact) mass is 467 g/mol. The molecule has 156 valence electrons. The van der Waals surface area contributed by atoms with E-state index in [1.807, 2.05) is 0 Å². The van der Waals surface area contributed by atoms with E-state index in [0.717, 1.165) is 0 Å². The number of sulfonamides is 1. The number of allylic oxidation sites excluding steroid dienone is 2. The number of hydrogen-bond donors (Lipinski definition) is 2. The second-order valence-electron chi connectivity index (χ2n) is 6.83. The number of nitrogen functional groups attached to an aromatic ring is 1. The molecule has 2 heterocycles. The summed E-state index contributed by atoms with van der Waals surface area (Å²) in [6.07, 6.45) is 8.55. The number of nitrogens with zero attached hydrogens (tertiary/aromatic N) is 3. The van der Waals surface area contributed by atoms with Gasteiger partial charge in [-0.2, -0.15) is 0 Å². The maximum atomic E-state index is 16.5. The van der Waals surface area contributed by atoms with Crippen LogP contribution in [0.4, 0.5) is 10.2 Å². The first kappa shape index (κ1) is 20.8. The van der Waals surface area contributed by atoms with Crippen molar-refractivity contribution in [2.24, 2.45) is 7.05 Å². The Balaban J connectivity index is 1.81. The first-order valence-electron chi connectivity index (χ1n) is 8.71. The average molecular weight is 468 g/mol. The van der Waals surface area contributed by atoms with Gasteiger partial charge in [0.15, 0.2) is 5.67 Å². The van der Waals surface area contributed by atoms with Crippen molar-refractivity contribution < 1.29 is 12.8 Å². The summed E-state index contributed by atoms with van der Waals surface area (Å²) >= 11 is 11.9. The zero-order chi connectivity index (χ0) is 21.7. The Bertz CT molecular complexity index is 1300. The summed E-state index contributed by atoms with van der Waals surface area (Å²) in [5, 5.41) is 0.609. The Morgan fingerprint density at radius 3 is 2.60 bits per heavy atom. The maximum absolute atomic E-state index is 16.5. The highest BCUT2D eigenvalue weighted by molar-refractivity contribution is 7.89. The first-order valence-corrected chi connectivity index (χ1v) is 10.9. The Morgan fingerprint density at radius 2 is 1.90 bits per heavy atom. The van der Waals surface area contributed by atoms with Gasteiger partial charge in [0.1, 0.15) is 17.8 Å². The molecule has 0 saturated heterocycles. The molecule has 3 N–H and O–H groups in total. The molecule has 7 nitrogen and oxygen atoms in total. The van der Waals surface area contributed by atoms with E-state index >= 15 is 4.39 Å². The maximum Gasteiger partial charge on any atom is 0.241 e. The van der Waals surface area contributed by atoms with E-state index in [-0.39, 0.29) is 26.3 Å². The number of aromatic nitrogens is 3. The van der Waals surface area contributed by atoms with Crippen LogP contribution in [0.1, 0.15) is 5.56 Å². The van der Waals surface area contributed by atoms with Crippen molar-refractivity contribution in [3.8, 4) is 0 Å². The molecule has 0 amide bonds. The van der Waals surface area contributed by atoms with Gasteiger partial charge in [-0.1, -0.05) is 41.4 Å². The van der Waals surface area contributed by atoms with Gasteiger partial charge in [-0.05, 0) is 24.3 Å². The molecule has 0 radical (unpaired) electrons. The lowest BCUT2D eigenvalue weighted by Crippen LogP contribution is -2.46. The van der Waals surface area contributed by atoms with E-state index in [0.29, 0.717) is 11.0 Å². The van der Waals surface area contributed by atoms with Gasteiger partial charge in [0.2, 0.25) is 10.0 Å². The van der Waals surface area contributed by atoms with Gasteiger partial charge >= 0.3 is 0 Å². The van der Waals surface area contributed by atoms with Gasteiger partial charge in [0, 0.05) is 28.9 Å². The summed E-state index contributed by atoms with van der Waals surface area (Å²) in [4.78, 5) is 7.93. The summed E-state index contributed by atoms with van der Waals surface area (Å²) in [5.41, 5.74) is 4.32. The van der Waals surface area contributed by atoms with Crippen molar-refractivity contribution in [1.29, 1.82) is 0 Å². The van der Waals surface area contributed by atoms with Crippen LogP contribution in [-0.4, -0.2) is 29.0 Å². The van der Waals surface area contributed by atoms with E-state index < -0.39 is 21.7 Å². The largest absolute Gasteiger partial charge is 0.383 e. The zero-order valence-electron chi connectivity index (χ0n) is 15.6. The number of hydrogen-bond acceptors (Lipinski definition) is 5. The minimum absolute atomic E-state index is 0.0961. The van der Waals surface area contributed by atoms with Crippen molar-refractivity contribution in [3.63, 3.8) is 0 Å². The quantitative estimate of drug-likeness (QED) is 0.610. The standard InChI is InChI=1S/C19H16Cl2FN5O2S/c1-27-9-14(16-17(23)24-10-25-18(16)27)19(22)5-3-2-4-15(19)26-30(28,29)13-7-11(20)6-12(21)8-13/h2-10,15,26H,1H3,(H2,23,24,25). The van der Waals surface area contributed by atoms with Crippen molar-refractivity contribution >= 4 is 50.1 Å². The Hall–Kier alpha value is -2.46. The number of benzene rings is 1. The number of aryl methyl sites for hydroxylation is 1. The average Bonchev–Trinajstić information content (AvgIpc) is 3.02. The molecule has 4 rings (SSSR count).